The summed E-state index contributed by atoms with van der Waals surface area (Å²) in [7, 11) is 3.30. The van der Waals surface area contributed by atoms with Gasteiger partial charge in [-0.1, -0.05) is 6.08 Å². The smallest absolute Gasteiger partial charge is 0.0824 e. The van der Waals surface area contributed by atoms with E-state index in [2.05, 4.69) is 4.99 Å². The molecule has 0 radical (unpaired) electrons. The molecular formula is C8H12ClNO. The van der Waals surface area contributed by atoms with E-state index in [0.29, 0.717) is 5.88 Å². The Kier molecular flexibility index (Phi) is 6.84. The fourth-order valence-corrected chi connectivity index (χ4v) is 0.687. The molecule has 0 aliphatic heterocycles. The molecule has 0 aromatic rings. The summed E-state index contributed by atoms with van der Waals surface area (Å²) in [6.45, 7) is 0. The number of allylic oxidation sites excluding steroid dienone is 3. The molecule has 0 heterocycles. The first-order chi connectivity index (χ1) is 5.35. The zero-order chi connectivity index (χ0) is 8.53. The second-order valence-electron chi connectivity index (χ2n) is 1.83. The first-order valence-electron chi connectivity index (χ1n) is 3.21. The van der Waals surface area contributed by atoms with E-state index in [4.69, 9.17) is 16.3 Å². The van der Waals surface area contributed by atoms with Gasteiger partial charge in [0.15, 0.2) is 0 Å². The Morgan fingerprint density at radius 2 is 2.36 bits per heavy atom. The largest absolute Gasteiger partial charge is 0.504 e. The van der Waals surface area contributed by atoms with Crippen LogP contribution in [0.5, 0.6) is 0 Å². The Hall–Kier alpha value is -0.760. The van der Waals surface area contributed by atoms with Gasteiger partial charge in [-0.25, -0.2) is 0 Å². The number of hydrogen-bond donors (Lipinski definition) is 0. The predicted octanol–water partition coefficient (Wildman–Crippen LogP) is 2.01. The number of alkyl halides is 1. The Morgan fingerprint density at radius 3 is 2.82 bits per heavy atom. The van der Waals surface area contributed by atoms with Crippen molar-refractivity contribution in [2.45, 2.75) is 0 Å². The molecule has 3 heteroatoms. The van der Waals surface area contributed by atoms with Gasteiger partial charge in [-0.3, -0.25) is 4.99 Å². The SMILES string of the molecule is CN=C/C(=C\C=C\OC)CCl. The van der Waals surface area contributed by atoms with Crippen molar-refractivity contribution in [3.8, 4) is 0 Å². The summed E-state index contributed by atoms with van der Waals surface area (Å²) in [6, 6.07) is 0. The molecule has 0 unspecified atom stereocenters. The third-order valence-corrected chi connectivity index (χ3v) is 1.28. The zero-order valence-corrected chi connectivity index (χ0v) is 7.51. The second kappa shape index (κ2) is 7.35. The first kappa shape index (κ1) is 10.2. The van der Waals surface area contributed by atoms with Crippen molar-refractivity contribution in [3.63, 3.8) is 0 Å². The van der Waals surface area contributed by atoms with Gasteiger partial charge in [-0.15, -0.1) is 11.6 Å². The molecule has 0 rings (SSSR count). The van der Waals surface area contributed by atoms with Crippen LogP contribution in [0.1, 0.15) is 0 Å². The molecule has 0 aliphatic rings. The first-order valence-corrected chi connectivity index (χ1v) is 3.75. The van der Waals surface area contributed by atoms with Crippen LogP contribution in [-0.2, 0) is 4.74 Å². The molecule has 0 spiro atoms. The summed E-state index contributed by atoms with van der Waals surface area (Å²) in [5.41, 5.74) is 0.961. The summed E-state index contributed by atoms with van der Waals surface area (Å²) in [5.74, 6) is 0.464. The lowest BCUT2D eigenvalue weighted by Gasteiger charge is -1.89. The number of methoxy groups -OCH3 is 1. The van der Waals surface area contributed by atoms with Crippen molar-refractivity contribution in [1.82, 2.24) is 0 Å². The van der Waals surface area contributed by atoms with E-state index >= 15 is 0 Å². The Balaban J connectivity index is 4.00. The third-order valence-electron chi connectivity index (χ3n) is 0.974. The highest BCUT2D eigenvalue weighted by Gasteiger charge is 1.85. The highest BCUT2D eigenvalue weighted by atomic mass is 35.5. The van der Waals surface area contributed by atoms with Crippen LogP contribution in [0.15, 0.2) is 29.0 Å². The minimum Gasteiger partial charge on any atom is -0.504 e. The highest BCUT2D eigenvalue weighted by molar-refractivity contribution is 6.21. The standard InChI is InChI=1S/C8H12ClNO/c1-10-7-8(6-9)4-3-5-11-2/h3-5,7H,6H2,1-2H3/b5-3+,8-4-,10-7?. The number of hydrogen-bond acceptors (Lipinski definition) is 2. The van der Waals surface area contributed by atoms with Gasteiger partial charge in [0.05, 0.1) is 13.4 Å². The van der Waals surface area contributed by atoms with E-state index in [0.717, 1.165) is 5.57 Å². The summed E-state index contributed by atoms with van der Waals surface area (Å²) < 4.78 is 4.70. The second-order valence-corrected chi connectivity index (χ2v) is 2.09. The molecule has 0 N–H and O–H groups in total. The molecule has 2 nitrogen and oxygen atoms in total. The average molecular weight is 174 g/mol. The molecule has 0 bridgehead atoms. The van der Waals surface area contributed by atoms with Crippen LogP contribution in [0, 0.1) is 0 Å². The van der Waals surface area contributed by atoms with E-state index in [1.165, 1.54) is 0 Å². The van der Waals surface area contributed by atoms with Gasteiger partial charge in [0.2, 0.25) is 0 Å². The normalized spacial score (nSPS) is 13.2. The zero-order valence-electron chi connectivity index (χ0n) is 6.75. The molecule has 0 aliphatic carbocycles. The number of ether oxygens (including phenoxy) is 1. The predicted molar refractivity (Wildman–Crippen MR) is 49.4 cm³/mol. The number of halogens is 1. The van der Waals surface area contributed by atoms with E-state index in [9.17, 15) is 0 Å². The van der Waals surface area contributed by atoms with Gasteiger partial charge in [0.25, 0.3) is 0 Å². The molecule has 62 valence electrons. The molecular weight excluding hydrogens is 162 g/mol. The lowest BCUT2D eigenvalue weighted by molar-refractivity contribution is 0.338. The molecule has 0 aromatic carbocycles. The van der Waals surface area contributed by atoms with Crippen molar-refractivity contribution in [2.24, 2.45) is 4.99 Å². The fraction of sp³-hybridized carbons (Fsp3) is 0.375. The minimum absolute atomic E-state index is 0.464. The highest BCUT2D eigenvalue weighted by Crippen LogP contribution is 1.94. The van der Waals surface area contributed by atoms with Crippen molar-refractivity contribution < 1.29 is 4.74 Å². The van der Waals surface area contributed by atoms with Crippen molar-refractivity contribution in [3.05, 3.63) is 24.0 Å². The molecule has 0 atom stereocenters. The fourth-order valence-electron chi connectivity index (χ4n) is 0.529. The number of nitrogens with zero attached hydrogens (tertiary/aromatic N) is 1. The van der Waals surface area contributed by atoms with E-state index in [1.54, 1.807) is 32.7 Å². The molecule has 0 saturated carbocycles. The Bertz CT molecular complexity index is 173. The topological polar surface area (TPSA) is 21.6 Å². The summed E-state index contributed by atoms with van der Waals surface area (Å²) in [5, 5.41) is 0. The maximum absolute atomic E-state index is 5.59. The van der Waals surface area contributed by atoms with E-state index < -0.39 is 0 Å². The lowest BCUT2D eigenvalue weighted by Crippen LogP contribution is -1.84. The Labute approximate surface area is 72.2 Å². The van der Waals surface area contributed by atoms with Crippen molar-refractivity contribution in [2.75, 3.05) is 20.0 Å². The van der Waals surface area contributed by atoms with Gasteiger partial charge in [0.1, 0.15) is 0 Å². The van der Waals surface area contributed by atoms with Crippen LogP contribution in [0.25, 0.3) is 0 Å². The minimum atomic E-state index is 0.464. The van der Waals surface area contributed by atoms with Gasteiger partial charge >= 0.3 is 0 Å². The van der Waals surface area contributed by atoms with Crippen LogP contribution >= 0.6 is 11.6 Å². The van der Waals surface area contributed by atoms with Crippen LogP contribution in [-0.4, -0.2) is 26.3 Å². The lowest BCUT2D eigenvalue weighted by atomic mass is 10.3. The Morgan fingerprint density at radius 1 is 1.64 bits per heavy atom. The van der Waals surface area contributed by atoms with Gasteiger partial charge in [0, 0.05) is 19.1 Å². The maximum Gasteiger partial charge on any atom is 0.0824 e. The van der Waals surface area contributed by atoms with Crippen LogP contribution < -0.4 is 0 Å². The van der Waals surface area contributed by atoms with Crippen molar-refractivity contribution in [1.29, 1.82) is 0 Å². The van der Waals surface area contributed by atoms with E-state index in [1.807, 2.05) is 6.08 Å². The van der Waals surface area contributed by atoms with Crippen molar-refractivity contribution >= 4 is 17.8 Å². The monoisotopic (exact) mass is 173 g/mol. The van der Waals surface area contributed by atoms with Crippen LogP contribution in [0.3, 0.4) is 0 Å². The van der Waals surface area contributed by atoms with Gasteiger partial charge in [-0.05, 0) is 11.6 Å². The van der Waals surface area contributed by atoms with Gasteiger partial charge in [-0.2, -0.15) is 0 Å². The summed E-state index contributed by atoms with van der Waals surface area (Å²) in [6.07, 6.45) is 6.92. The summed E-state index contributed by atoms with van der Waals surface area (Å²) in [4.78, 5) is 3.83. The molecule has 0 aromatic heterocycles. The molecule has 0 saturated heterocycles. The average Bonchev–Trinajstić information content (AvgIpc) is 2.03. The van der Waals surface area contributed by atoms with Gasteiger partial charge < -0.3 is 4.74 Å². The van der Waals surface area contributed by atoms with E-state index in [-0.39, 0.29) is 0 Å². The molecule has 0 fully saturated rings. The summed E-state index contributed by atoms with van der Waals surface area (Å²) >= 11 is 5.59. The number of rotatable bonds is 4. The van der Waals surface area contributed by atoms with Crippen LogP contribution in [0.4, 0.5) is 0 Å². The molecule has 11 heavy (non-hydrogen) atoms. The third kappa shape index (κ3) is 5.67. The number of aliphatic imine (C=N–C) groups is 1. The van der Waals surface area contributed by atoms with Crippen LogP contribution in [0.2, 0.25) is 0 Å². The maximum atomic E-state index is 5.59. The quantitative estimate of drug-likeness (QED) is 0.276. The molecule has 0 amide bonds.